The minimum absolute atomic E-state index is 0.217. The Morgan fingerprint density at radius 1 is 1.06 bits per heavy atom. The van der Waals surface area contributed by atoms with Gasteiger partial charge in [-0.05, 0) is 54.6 Å². The van der Waals surface area contributed by atoms with Crippen molar-refractivity contribution >= 4 is 27.2 Å². The minimum atomic E-state index is -4.86. The Kier molecular flexibility index (Phi) is 5.01. The van der Waals surface area contributed by atoms with E-state index >= 15 is 0 Å². The monoisotopic (exact) mass is 452 g/mol. The molecule has 162 valence electrons. The number of halogens is 3. The molecule has 1 aliphatic heterocycles. The summed E-state index contributed by atoms with van der Waals surface area (Å²) in [5.74, 6) is -0.0642. The molecule has 0 spiro atoms. The third kappa shape index (κ3) is 4.43. The molecule has 0 saturated heterocycles. The lowest BCUT2D eigenvalue weighted by Crippen LogP contribution is -2.42. The van der Waals surface area contributed by atoms with Crippen LogP contribution in [0.1, 0.15) is 0 Å². The van der Waals surface area contributed by atoms with E-state index in [1.165, 1.54) is 18.4 Å². The molecule has 4 rings (SSSR count). The van der Waals surface area contributed by atoms with E-state index in [0.717, 1.165) is 24.3 Å². The van der Waals surface area contributed by atoms with Gasteiger partial charge in [-0.2, -0.15) is 0 Å². The van der Waals surface area contributed by atoms with Crippen molar-refractivity contribution in [2.45, 2.75) is 11.3 Å². The molecule has 3 N–H and O–H groups in total. The lowest BCUT2D eigenvalue weighted by Gasteiger charge is -2.24. The second-order valence-corrected chi connectivity index (χ2v) is 8.11. The fourth-order valence-corrected chi connectivity index (χ4v) is 4.00. The molecular formula is C19H15F3N4O4S. The first kappa shape index (κ1) is 20.6. The molecule has 31 heavy (non-hydrogen) atoms. The van der Waals surface area contributed by atoms with Crippen LogP contribution in [-0.4, -0.2) is 21.4 Å². The van der Waals surface area contributed by atoms with E-state index in [1.54, 1.807) is 23.1 Å². The lowest BCUT2D eigenvalue weighted by molar-refractivity contribution is -0.274. The quantitative estimate of drug-likeness (QED) is 0.614. The lowest BCUT2D eigenvalue weighted by atomic mass is 10.2. The van der Waals surface area contributed by atoms with E-state index in [0.29, 0.717) is 22.3 Å². The summed E-state index contributed by atoms with van der Waals surface area (Å²) in [7, 11) is -4.02. The third-order valence-electron chi connectivity index (χ3n) is 4.37. The van der Waals surface area contributed by atoms with E-state index in [-0.39, 0.29) is 17.3 Å². The summed E-state index contributed by atoms with van der Waals surface area (Å²) in [6.07, 6.45) is -3.37. The number of benzene rings is 2. The maximum absolute atomic E-state index is 12.5. The predicted molar refractivity (Wildman–Crippen MR) is 105 cm³/mol. The number of sulfonamides is 1. The average Bonchev–Trinajstić information content (AvgIpc) is 3.18. The van der Waals surface area contributed by atoms with E-state index in [4.69, 9.17) is 10.2 Å². The van der Waals surface area contributed by atoms with Crippen LogP contribution in [0.3, 0.4) is 0 Å². The molecule has 8 nitrogen and oxygen atoms in total. The smallest absolute Gasteiger partial charge is 0.446 e. The topological polar surface area (TPSA) is 110 Å². The van der Waals surface area contributed by atoms with Crippen molar-refractivity contribution < 1.29 is 30.7 Å². The van der Waals surface area contributed by atoms with Gasteiger partial charge < -0.3 is 19.8 Å². The summed E-state index contributed by atoms with van der Waals surface area (Å²) in [5.41, 5.74) is 7.56. The van der Waals surface area contributed by atoms with Gasteiger partial charge in [0.25, 0.3) is 10.0 Å². The van der Waals surface area contributed by atoms with E-state index in [9.17, 15) is 21.6 Å². The molecule has 0 aliphatic carbocycles. The van der Waals surface area contributed by atoms with Gasteiger partial charge in [-0.3, -0.25) is 4.72 Å². The molecule has 12 heteroatoms. The molecule has 0 saturated carbocycles. The van der Waals surface area contributed by atoms with Gasteiger partial charge in [0, 0.05) is 11.4 Å². The van der Waals surface area contributed by atoms with Crippen molar-refractivity contribution in [3.05, 3.63) is 71.6 Å². The maximum Gasteiger partial charge on any atom is 0.573 e. The van der Waals surface area contributed by atoms with Crippen LogP contribution in [0.25, 0.3) is 5.82 Å². The standard InChI is InChI=1S/C19H15F3N4O4S/c20-19(21,22)30-14-5-7-15(8-6-14)31(27,28)25-12-1-3-13(4-2-12)26-11-24-18-16(17(26)23)9-10-29-18/h1-10,25H,11,23H2. The number of nitrogens with two attached hydrogens (primary N) is 1. The van der Waals surface area contributed by atoms with Gasteiger partial charge in [0.1, 0.15) is 18.2 Å². The van der Waals surface area contributed by atoms with E-state index in [2.05, 4.69) is 14.5 Å². The summed E-state index contributed by atoms with van der Waals surface area (Å²) in [6.45, 7) is 0.240. The van der Waals surface area contributed by atoms with Gasteiger partial charge in [0.15, 0.2) is 0 Å². The molecule has 1 aliphatic rings. The normalized spacial score (nSPS) is 14.0. The number of alkyl halides is 3. The molecule has 1 aromatic heterocycles. The summed E-state index contributed by atoms with van der Waals surface area (Å²) in [5, 5.41) is 0.661. The maximum atomic E-state index is 12.5. The van der Waals surface area contributed by atoms with Crippen LogP contribution in [0.15, 0.2) is 75.2 Å². The van der Waals surface area contributed by atoms with Crippen LogP contribution in [0.4, 0.5) is 24.5 Å². The largest absolute Gasteiger partial charge is 0.573 e. The molecule has 0 amide bonds. The number of hydrogen-bond donors (Lipinski definition) is 2. The Hall–Kier alpha value is -3.67. The van der Waals surface area contributed by atoms with Crippen LogP contribution in [0, 0.1) is 0 Å². The number of fused-ring (bicyclic) bond motifs is 1. The van der Waals surface area contributed by atoms with Crippen molar-refractivity contribution in [2.24, 2.45) is 10.7 Å². The Morgan fingerprint density at radius 2 is 1.74 bits per heavy atom. The second-order valence-electron chi connectivity index (χ2n) is 6.42. The predicted octanol–water partition coefficient (Wildman–Crippen LogP) is 2.10. The molecule has 3 aromatic rings. The highest BCUT2D eigenvalue weighted by atomic mass is 32.2. The number of hydrogen-bond acceptors (Lipinski definition) is 7. The summed E-state index contributed by atoms with van der Waals surface area (Å²) >= 11 is 0. The number of rotatable bonds is 5. The molecule has 2 aromatic carbocycles. The first-order valence-electron chi connectivity index (χ1n) is 8.76. The molecule has 0 radical (unpaired) electrons. The number of ether oxygens (including phenoxy) is 1. The first-order chi connectivity index (χ1) is 14.6. The third-order valence-corrected chi connectivity index (χ3v) is 5.76. The van der Waals surface area contributed by atoms with Crippen LogP contribution in [-0.2, 0) is 10.0 Å². The fraction of sp³-hybridized carbons (Fsp3) is 0.105. The molecule has 0 fully saturated rings. The molecule has 0 unspecified atom stereocenters. The zero-order valence-electron chi connectivity index (χ0n) is 15.6. The number of furan rings is 1. The highest BCUT2D eigenvalue weighted by Gasteiger charge is 2.31. The fourth-order valence-electron chi connectivity index (χ4n) is 2.94. The number of anilines is 2. The van der Waals surface area contributed by atoms with E-state index in [1.807, 2.05) is 0 Å². The van der Waals surface area contributed by atoms with Crippen LogP contribution < -0.4 is 30.9 Å². The van der Waals surface area contributed by atoms with Crippen LogP contribution in [0.5, 0.6) is 5.75 Å². The highest BCUT2D eigenvalue weighted by Crippen LogP contribution is 2.26. The number of nitrogens with zero attached hydrogens (tertiary/aromatic N) is 2. The van der Waals surface area contributed by atoms with Crippen LogP contribution in [0.2, 0.25) is 0 Å². The van der Waals surface area contributed by atoms with Gasteiger partial charge in [-0.15, -0.1) is 13.2 Å². The average molecular weight is 452 g/mol. The van der Waals surface area contributed by atoms with Crippen molar-refractivity contribution in [1.29, 1.82) is 0 Å². The van der Waals surface area contributed by atoms with Gasteiger partial charge in [-0.25, -0.2) is 13.4 Å². The molecule has 0 bridgehead atoms. The Balaban J connectivity index is 1.50. The zero-order valence-corrected chi connectivity index (χ0v) is 16.4. The van der Waals surface area contributed by atoms with Crippen molar-refractivity contribution in [3.63, 3.8) is 0 Å². The van der Waals surface area contributed by atoms with Crippen LogP contribution >= 0.6 is 0 Å². The summed E-state index contributed by atoms with van der Waals surface area (Å²) < 4.78 is 73.1. The Labute approximate surface area is 174 Å². The molecule has 2 heterocycles. The Bertz CT molecular complexity index is 1320. The van der Waals surface area contributed by atoms with Crippen molar-refractivity contribution in [2.75, 3.05) is 16.3 Å². The molecule has 0 atom stereocenters. The van der Waals surface area contributed by atoms with Crippen molar-refractivity contribution in [1.82, 2.24) is 0 Å². The zero-order chi connectivity index (χ0) is 22.2. The van der Waals surface area contributed by atoms with Gasteiger partial charge in [0.2, 0.25) is 5.55 Å². The first-order valence-corrected chi connectivity index (χ1v) is 10.2. The summed E-state index contributed by atoms with van der Waals surface area (Å²) in [4.78, 5) is 5.79. The number of nitrogens with one attached hydrogen (secondary N) is 1. The highest BCUT2D eigenvalue weighted by molar-refractivity contribution is 7.92. The van der Waals surface area contributed by atoms with E-state index < -0.39 is 22.1 Å². The van der Waals surface area contributed by atoms with Gasteiger partial charge in [-0.1, -0.05) is 0 Å². The molecular weight excluding hydrogens is 437 g/mol. The van der Waals surface area contributed by atoms with Gasteiger partial charge in [0.05, 0.1) is 16.4 Å². The Morgan fingerprint density at radius 3 is 2.39 bits per heavy atom. The SMILES string of the molecule is NC1=c2ccoc2=NCN1c1ccc(NS(=O)(=O)c2ccc(OC(F)(F)F)cc2)cc1. The summed E-state index contributed by atoms with van der Waals surface area (Å²) in [6, 6.07) is 12.0. The van der Waals surface area contributed by atoms with Gasteiger partial charge >= 0.3 is 6.36 Å². The minimum Gasteiger partial charge on any atom is -0.446 e. The van der Waals surface area contributed by atoms with Crippen molar-refractivity contribution in [3.8, 4) is 5.75 Å². The second kappa shape index (κ2) is 7.54.